The van der Waals surface area contributed by atoms with Crippen molar-refractivity contribution in [3.8, 4) is 11.5 Å². The summed E-state index contributed by atoms with van der Waals surface area (Å²) in [6.07, 6.45) is 0.921. The molecule has 0 radical (unpaired) electrons. The Hall–Kier alpha value is -2.49. The minimum Gasteiger partial charge on any atom is -0.493 e. The Bertz CT molecular complexity index is 827. The molecule has 0 heterocycles. The molecule has 7 nitrogen and oxygen atoms in total. The van der Waals surface area contributed by atoms with Gasteiger partial charge in [-0.05, 0) is 43.2 Å². The fraction of sp³-hybridized carbons (Fsp3) is 0.333. The topological polar surface area (TPSA) is 84.0 Å². The van der Waals surface area contributed by atoms with Crippen molar-refractivity contribution >= 4 is 47.2 Å². The van der Waals surface area contributed by atoms with Crippen molar-refractivity contribution in [2.45, 2.75) is 20.3 Å². The number of amides is 1. The van der Waals surface area contributed by atoms with Gasteiger partial charge in [0.2, 0.25) is 5.91 Å². The van der Waals surface area contributed by atoms with Crippen molar-refractivity contribution in [3.63, 3.8) is 0 Å². The molecule has 0 aliphatic carbocycles. The van der Waals surface area contributed by atoms with Gasteiger partial charge in [0.05, 0.1) is 20.3 Å². The summed E-state index contributed by atoms with van der Waals surface area (Å²) in [4.78, 5) is 16.4. The Balaban J connectivity index is 0.00000420. The first kappa shape index (κ1) is 24.5. The number of nitrogens with one attached hydrogen (secondary N) is 3. The zero-order valence-corrected chi connectivity index (χ0v) is 19.6. The first-order valence-corrected chi connectivity index (χ1v) is 9.26. The molecule has 0 aromatic heterocycles. The molecule has 1 amide bonds. The summed E-state index contributed by atoms with van der Waals surface area (Å²) in [5.74, 6) is 1.62. The highest BCUT2D eigenvalue weighted by Gasteiger charge is 2.08. The van der Waals surface area contributed by atoms with Gasteiger partial charge in [-0.25, -0.2) is 0 Å². The van der Waals surface area contributed by atoms with E-state index in [1.54, 1.807) is 14.2 Å². The van der Waals surface area contributed by atoms with Crippen LogP contribution in [0.3, 0.4) is 0 Å². The molecule has 0 saturated carbocycles. The molecule has 0 unspecified atom stereocenters. The standard InChI is InChI=1S/C21H28N4O3.HI/c1-5-15-8-7-9-16(12-15)24-20(26)14-23-21(22-3)25-17-10-11-18(27-4)19(13-17)28-6-2;/h7-13H,5-6,14H2,1-4H3,(H,24,26)(H2,22,23,25);1H. The number of hydrogen-bond donors (Lipinski definition) is 3. The van der Waals surface area contributed by atoms with Crippen LogP contribution >= 0.6 is 24.0 Å². The predicted octanol–water partition coefficient (Wildman–Crippen LogP) is 3.90. The van der Waals surface area contributed by atoms with E-state index < -0.39 is 0 Å². The SMILES string of the molecule is CCOc1cc(NC(=NC)NCC(=O)Nc2cccc(CC)c2)ccc1OC.I. The number of benzene rings is 2. The number of aryl methyl sites for hydroxylation is 1. The fourth-order valence-corrected chi connectivity index (χ4v) is 2.58. The van der Waals surface area contributed by atoms with Crippen molar-refractivity contribution in [1.82, 2.24) is 5.32 Å². The minimum absolute atomic E-state index is 0. The summed E-state index contributed by atoms with van der Waals surface area (Å²) in [5, 5.41) is 9.02. The van der Waals surface area contributed by atoms with Crippen LogP contribution in [0.5, 0.6) is 11.5 Å². The van der Waals surface area contributed by atoms with E-state index in [0.29, 0.717) is 24.1 Å². The molecule has 0 atom stereocenters. The van der Waals surface area contributed by atoms with Gasteiger partial charge in [-0.2, -0.15) is 0 Å². The van der Waals surface area contributed by atoms with E-state index in [1.807, 2.05) is 49.4 Å². The molecular formula is C21H29IN4O3. The van der Waals surface area contributed by atoms with Crippen LogP contribution in [0.25, 0.3) is 0 Å². The molecule has 158 valence electrons. The van der Waals surface area contributed by atoms with Crippen molar-refractivity contribution in [1.29, 1.82) is 0 Å². The number of ether oxygens (including phenoxy) is 2. The maximum Gasteiger partial charge on any atom is 0.243 e. The third-order valence-corrected chi connectivity index (χ3v) is 3.99. The molecule has 8 heteroatoms. The van der Waals surface area contributed by atoms with E-state index in [0.717, 1.165) is 17.8 Å². The van der Waals surface area contributed by atoms with E-state index in [9.17, 15) is 4.79 Å². The van der Waals surface area contributed by atoms with Gasteiger partial charge in [0.1, 0.15) is 0 Å². The number of hydrogen-bond acceptors (Lipinski definition) is 4. The molecule has 2 aromatic rings. The van der Waals surface area contributed by atoms with Gasteiger partial charge in [0, 0.05) is 24.5 Å². The highest BCUT2D eigenvalue weighted by molar-refractivity contribution is 14.0. The molecule has 0 fully saturated rings. The molecule has 0 saturated heterocycles. The van der Waals surface area contributed by atoms with Gasteiger partial charge in [-0.1, -0.05) is 19.1 Å². The summed E-state index contributed by atoms with van der Waals surface area (Å²) in [6, 6.07) is 13.3. The van der Waals surface area contributed by atoms with Crippen LogP contribution in [-0.2, 0) is 11.2 Å². The zero-order valence-electron chi connectivity index (χ0n) is 17.2. The van der Waals surface area contributed by atoms with Gasteiger partial charge in [0.25, 0.3) is 0 Å². The second-order valence-corrected chi connectivity index (χ2v) is 5.95. The number of carbonyl (C=O) groups excluding carboxylic acids is 1. The molecule has 0 spiro atoms. The third kappa shape index (κ3) is 7.80. The quantitative estimate of drug-likeness (QED) is 0.284. The maximum absolute atomic E-state index is 12.2. The second-order valence-electron chi connectivity index (χ2n) is 5.95. The van der Waals surface area contributed by atoms with E-state index in [4.69, 9.17) is 9.47 Å². The summed E-state index contributed by atoms with van der Waals surface area (Å²) < 4.78 is 10.9. The smallest absolute Gasteiger partial charge is 0.243 e. The summed E-state index contributed by atoms with van der Waals surface area (Å²) in [5.41, 5.74) is 2.73. The van der Waals surface area contributed by atoms with Gasteiger partial charge < -0.3 is 25.4 Å². The Morgan fingerprint density at radius 3 is 2.45 bits per heavy atom. The highest BCUT2D eigenvalue weighted by Crippen LogP contribution is 2.30. The number of aliphatic imine (C=N–C) groups is 1. The van der Waals surface area contributed by atoms with Gasteiger partial charge >= 0.3 is 0 Å². The van der Waals surface area contributed by atoms with Crippen molar-refractivity contribution in [2.24, 2.45) is 4.99 Å². The monoisotopic (exact) mass is 512 g/mol. The van der Waals surface area contributed by atoms with E-state index in [2.05, 4.69) is 27.9 Å². The molecule has 29 heavy (non-hydrogen) atoms. The van der Waals surface area contributed by atoms with E-state index in [-0.39, 0.29) is 36.4 Å². The van der Waals surface area contributed by atoms with Crippen molar-refractivity contribution in [3.05, 3.63) is 48.0 Å². The minimum atomic E-state index is -0.152. The van der Waals surface area contributed by atoms with Crippen LogP contribution in [0.4, 0.5) is 11.4 Å². The maximum atomic E-state index is 12.2. The number of nitrogens with zero attached hydrogens (tertiary/aromatic N) is 1. The number of anilines is 2. The van der Waals surface area contributed by atoms with Crippen LogP contribution in [0.2, 0.25) is 0 Å². The predicted molar refractivity (Wildman–Crippen MR) is 129 cm³/mol. The Morgan fingerprint density at radius 1 is 1.03 bits per heavy atom. The fourth-order valence-electron chi connectivity index (χ4n) is 2.58. The molecule has 0 bridgehead atoms. The molecule has 2 aromatic carbocycles. The largest absolute Gasteiger partial charge is 0.493 e. The van der Waals surface area contributed by atoms with E-state index >= 15 is 0 Å². The van der Waals surface area contributed by atoms with Gasteiger partial charge in [-0.15, -0.1) is 24.0 Å². The first-order chi connectivity index (χ1) is 13.6. The molecule has 0 aliphatic rings. The second kappa shape index (κ2) is 12.9. The first-order valence-electron chi connectivity index (χ1n) is 9.26. The zero-order chi connectivity index (χ0) is 20.4. The van der Waals surface area contributed by atoms with Crippen molar-refractivity contribution < 1.29 is 14.3 Å². The van der Waals surface area contributed by atoms with Crippen LogP contribution < -0.4 is 25.4 Å². The molecule has 2 rings (SSSR count). The average molecular weight is 512 g/mol. The van der Waals surface area contributed by atoms with Crippen LogP contribution in [-0.4, -0.2) is 39.2 Å². The molecular weight excluding hydrogens is 483 g/mol. The Labute approximate surface area is 189 Å². The van der Waals surface area contributed by atoms with Crippen LogP contribution in [0.15, 0.2) is 47.5 Å². The lowest BCUT2D eigenvalue weighted by molar-refractivity contribution is -0.115. The number of rotatable bonds is 8. The highest BCUT2D eigenvalue weighted by atomic mass is 127. The van der Waals surface area contributed by atoms with Crippen molar-refractivity contribution in [2.75, 3.05) is 37.9 Å². The van der Waals surface area contributed by atoms with Crippen LogP contribution in [0.1, 0.15) is 19.4 Å². The lowest BCUT2D eigenvalue weighted by Gasteiger charge is -2.14. The number of carbonyl (C=O) groups is 1. The summed E-state index contributed by atoms with van der Waals surface area (Å²) in [6.45, 7) is 4.61. The lowest BCUT2D eigenvalue weighted by Crippen LogP contribution is -2.37. The average Bonchev–Trinajstić information content (AvgIpc) is 2.71. The summed E-state index contributed by atoms with van der Waals surface area (Å²) in [7, 11) is 3.24. The molecule has 0 aliphatic heterocycles. The van der Waals surface area contributed by atoms with Crippen LogP contribution in [0, 0.1) is 0 Å². The van der Waals surface area contributed by atoms with Gasteiger partial charge in [0.15, 0.2) is 17.5 Å². The molecule has 3 N–H and O–H groups in total. The number of methoxy groups -OCH3 is 1. The lowest BCUT2D eigenvalue weighted by atomic mass is 10.1. The van der Waals surface area contributed by atoms with E-state index in [1.165, 1.54) is 5.56 Å². The van der Waals surface area contributed by atoms with Gasteiger partial charge in [-0.3, -0.25) is 9.79 Å². The Morgan fingerprint density at radius 2 is 1.79 bits per heavy atom. The normalized spacial score (nSPS) is 10.6. The summed E-state index contributed by atoms with van der Waals surface area (Å²) >= 11 is 0. The Kier molecular flexibility index (Phi) is 10.9. The number of halogens is 1. The third-order valence-electron chi connectivity index (χ3n) is 3.99. The number of guanidine groups is 1.